The van der Waals surface area contributed by atoms with Gasteiger partial charge in [-0.1, -0.05) is 55.5 Å². The number of hydrogen-bond acceptors (Lipinski definition) is 5. The van der Waals surface area contributed by atoms with Gasteiger partial charge in [0.25, 0.3) is 0 Å². The van der Waals surface area contributed by atoms with E-state index in [1.807, 2.05) is 42.7 Å². The topological polar surface area (TPSA) is 105 Å². The summed E-state index contributed by atoms with van der Waals surface area (Å²) in [6.45, 7) is 1.82. The fourth-order valence-electron chi connectivity index (χ4n) is 3.90. The molecule has 2 atom stereocenters. The Morgan fingerprint density at radius 2 is 1.59 bits per heavy atom. The molecule has 0 fully saturated rings. The van der Waals surface area contributed by atoms with Crippen molar-refractivity contribution >= 4 is 29.7 Å². The molecule has 0 aromatic heterocycles. The van der Waals surface area contributed by atoms with Crippen molar-refractivity contribution in [2.75, 3.05) is 18.6 Å². The third kappa shape index (κ3) is 5.43. The minimum atomic E-state index is -1.11. The quantitative estimate of drug-likeness (QED) is 0.504. The van der Waals surface area contributed by atoms with Gasteiger partial charge >= 0.3 is 12.1 Å². The zero-order chi connectivity index (χ0) is 23.1. The van der Waals surface area contributed by atoms with E-state index in [1.165, 1.54) is 11.8 Å². The molecule has 0 spiro atoms. The summed E-state index contributed by atoms with van der Waals surface area (Å²) in [5, 5.41) is 14.3. The van der Waals surface area contributed by atoms with Gasteiger partial charge < -0.3 is 20.5 Å². The molecule has 3 rings (SSSR count). The summed E-state index contributed by atoms with van der Waals surface area (Å²) in [4.78, 5) is 36.4. The van der Waals surface area contributed by atoms with Crippen LogP contribution in [0.5, 0.6) is 0 Å². The maximum Gasteiger partial charge on any atom is 0.407 e. The summed E-state index contributed by atoms with van der Waals surface area (Å²) in [5.41, 5.74) is 4.47. The Balaban J connectivity index is 1.65. The third-order valence-electron chi connectivity index (χ3n) is 5.59. The molecule has 0 saturated heterocycles. The molecule has 8 heteroatoms. The number of ether oxygens (including phenoxy) is 1. The summed E-state index contributed by atoms with van der Waals surface area (Å²) in [5.74, 6) is -1.08. The number of fused-ring (bicyclic) bond motifs is 3. The van der Waals surface area contributed by atoms with Gasteiger partial charge in [0.1, 0.15) is 18.7 Å². The molecule has 2 aromatic rings. The standard InChI is InChI=1S/C24H28N2O5S/c1-3-20(23(28)29)25-22(27)21(12-13-32-2)26-24(30)31-14-19-17-10-6-4-8-15(17)16-9-5-7-11-18(16)19/h4-11,19-21H,3,12-14H2,1-2H3,(H,25,27)(H,26,30)(H,28,29)/t20-,21?/m0/s1. The van der Waals surface area contributed by atoms with E-state index in [0.29, 0.717) is 12.2 Å². The summed E-state index contributed by atoms with van der Waals surface area (Å²) in [6, 6.07) is 14.2. The van der Waals surface area contributed by atoms with Crippen LogP contribution in [-0.2, 0) is 14.3 Å². The lowest BCUT2D eigenvalue weighted by Gasteiger charge is -2.21. The number of hydrogen-bond donors (Lipinski definition) is 3. The Morgan fingerprint density at radius 1 is 1.00 bits per heavy atom. The zero-order valence-corrected chi connectivity index (χ0v) is 19.0. The van der Waals surface area contributed by atoms with Crippen LogP contribution in [-0.4, -0.2) is 53.8 Å². The molecular weight excluding hydrogens is 428 g/mol. The number of carboxylic acid groups (broad SMARTS) is 1. The summed E-state index contributed by atoms with van der Waals surface area (Å²) < 4.78 is 5.53. The number of carboxylic acids is 1. The largest absolute Gasteiger partial charge is 0.480 e. The van der Waals surface area contributed by atoms with E-state index in [2.05, 4.69) is 22.8 Å². The van der Waals surface area contributed by atoms with Gasteiger partial charge in [-0.3, -0.25) is 4.79 Å². The number of rotatable bonds is 10. The predicted molar refractivity (Wildman–Crippen MR) is 125 cm³/mol. The molecule has 0 saturated carbocycles. The monoisotopic (exact) mass is 456 g/mol. The van der Waals surface area contributed by atoms with Gasteiger partial charge in [-0.15, -0.1) is 0 Å². The average molecular weight is 457 g/mol. The molecular formula is C24H28N2O5S. The lowest BCUT2D eigenvalue weighted by Crippen LogP contribution is -2.51. The fourth-order valence-corrected chi connectivity index (χ4v) is 4.37. The second-order valence-corrected chi connectivity index (χ2v) is 8.60. The van der Waals surface area contributed by atoms with Crippen LogP contribution in [0.15, 0.2) is 48.5 Å². The summed E-state index contributed by atoms with van der Waals surface area (Å²) >= 11 is 1.54. The highest BCUT2D eigenvalue weighted by atomic mass is 32.2. The number of thioether (sulfide) groups is 1. The van der Waals surface area contributed by atoms with Gasteiger partial charge in [-0.05, 0) is 47.1 Å². The molecule has 2 aromatic carbocycles. The number of benzene rings is 2. The van der Waals surface area contributed by atoms with Crippen LogP contribution in [0.2, 0.25) is 0 Å². The normalized spacial score (nSPS) is 14.1. The lowest BCUT2D eigenvalue weighted by molar-refractivity contribution is -0.142. The SMILES string of the molecule is CC[C@H](NC(=O)C(CCSC)NC(=O)OCC1c2ccccc2-c2ccccc21)C(=O)O. The van der Waals surface area contributed by atoms with Gasteiger partial charge in [0.05, 0.1) is 0 Å². The predicted octanol–water partition coefficient (Wildman–Crippen LogP) is 3.63. The molecule has 3 N–H and O–H groups in total. The van der Waals surface area contributed by atoms with E-state index < -0.39 is 30.1 Å². The molecule has 7 nitrogen and oxygen atoms in total. The molecule has 32 heavy (non-hydrogen) atoms. The van der Waals surface area contributed by atoms with Crippen molar-refractivity contribution in [2.24, 2.45) is 0 Å². The minimum Gasteiger partial charge on any atom is -0.480 e. The van der Waals surface area contributed by atoms with Gasteiger partial charge in [0.15, 0.2) is 0 Å². The highest BCUT2D eigenvalue weighted by molar-refractivity contribution is 7.98. The zero-order valence-electron chi connectivity index (χ0n) is 18.2. The second-order valence-electron chi connectivity index (χ2n) is 7.61. The number of amides is 2. The van der Waals surface area contributed by atoms with Gasteiger partial charge in [0.2, 0.25) is 5.91 Å². The van der Waals surface area contributed by atoms with Crippen molar-refractivity contribution in [3.05, 3.63) is 59.7 Å². The Morgan fingerprint density at radius 3 is 2.12 bits per heavy atom. The molecule has 170 valence electrons. The third-order valence-corrected chi connectivity index (χ3v) is 6.23. The van der Waals surface area contributed by atoms with E-state index in [9.17, 15) is 19.5 Å². The van der Waals surface area contributed by atoms with Gasteiger partial charge in [-0.25, -0.2) is 9.59 Å². The smallest absolute Gasteiger partial charge is 0.407 e. The van der Waals surface area contributed by atoms with Crippen LogP contribution in [0.25, 0.3) is 11.1 Å². The first-order valence-electron chi connectivity index (χ1n) is 10.6. The minimum absolute atomic E-state index is 0.0805. The van der Waals surface area contributed by atoms with Crippen molar-refractivity contribution in [3.8, 4) is 11.1 Å². The van der Waals surface area contributed by atoms with E-state index >= 15 is 0 Å². The Kier molecular flexibility index (Phi) is 8.16. The Hall–Kier alpha value is -3.00. The maximum absolute atomic E-state index is 12.6. The molecule has 0 aliphatic heterocycles. The molecule has 1 aliphatic rings. The van der Waals surface area contributed by atoms with Gasteiger partial charge in [-0.2, -0.15) is 11.8 Å². The molecule has 0 heterocycles. The average Bonchev–Trinajstić information content (AvgIpc) is 3.12. The van der Waals surface area contributed by atoms with Gasteiger partial charge in [0, 0.05) is 5.92 Å². The van der Waals surface area contributed by atoms with Crippen molar-refractivity contribution in [3.63, 3.8) is 0 Å². The maximum atomic E-state index is 12.6. The highest BCUT2D eigenvalue weighted by Gasteiger charge is 2.30. The highest BCUT2D eigenvalue weighted by Crippen LogP contribution is 2.44. The van der Waals surface area contributed by atoms with E-state index in [1.54, 1.807) is 6.92 Å². The number of carbonyl (C=O) groups excluding carboxylic acids is 2. The number of nitrogens with one attached hydrogen (secondary N) is 2. The van der Waals surface area contributed by atoms with Crippen LogP contribution in [0.1, 0.15) is 36.8 Å². The molecule has 2 amide bonds. The summed E-state index contributed by atoms with van der Waals surface area (Å²) in [6.07, 6.45) is 1.82. The van der Waals surface area contributed by atoms with Crippen molar-refractivity contribution in [1.29, 1.82) is 0 Å². The van der Waals surface area contributed by atoms with E-state index in [-0.39, 0.29) is 18.9 Å². The first-order chi connectivity index (χ1) is 15.5. The van der Waals surface area contributed by atoms with Crippen molar-refractivity contribution < 1.29 is 24.2 Å². The lowest BCUT2D eigenvalue weighted by atomic mass is 9.98. The Bertz CT molecular complexity index is 935. The number of carbonyl (C=O) groups is 3. The molecule has 1 unspecified atom stereocenters. The van der Waals surface area contributed by atoms with Crippen LogP contribution in [0, 0.1) is 0 Å². The fraction of sp³-hybridized carbons (Fsp3) is 0.375. The number of alkyl carbamates (subject to hydrolysis) is 1. The van der Waals surface area contributed by atoms with Crippen molar-refractivity contribution in [2.45, 2.75) is 37.8 Å². The second kappa shape index (κ2) is 11.0. The summed E-state index contributed by atoms with van der Waals surface area (Å²) in [7, 11) is 0. The first-order valence-corrected chi connectivity index (χ1v) is 12.0. The first kappa shape index (κ1) is 23.7. The van der Waals surface area contributed by atoms with Crippen LogP contribution < -0.4 is 10.6 Å². The molecule has 1 aliphatic carbocycles. The van der Waals surface area contributed by atoms with Crippen molar-refractivity contribution in [1.82, 2.24) is 10.6 Å². The van der Waals surface area contributed by atoms with Crippen LogP contribution >= 0.6 is 11.8 Å². The molecule has 0 bridgehead atoms. The number of aliphatic carboxylic acids is 1. The van der Waals surface area contributed by atoms with Crippen LogP contribution in [0.3, 0.4) is 0 Å². The van der Waals surface area contributed by atoms with E-state index in [4.69, 9.17) is 4.74 Å². The van der Waals surface area contributed by atoms with E-state index in [0.717, 1.165) is 22.3 Å². The molecule has 0 radical (unpaired) electrons. The van der Waals surface area contributed by atoms with Crippen LogP contribution in [0.4, 0.5) is 4.79 Å². The Labute approximate surface area is 191 Å².